The third-order valence-electron chi connectivity index (χ3n) is 3.07. The third-order valence-corrected chi connectivity index (χ3v) is 4.05. The minimum absolute atomic E-state index is 0. The van der Waals surface area contributed by atoms with Crippen LogP contribution in [0.3, 0.4) is 0 Å². The van der Waals surface area contributed by atoms with Crippen LogP contribution in [0.5, 0.6) is 0 Å². The predicted molar refractivity (Wildman–Crippen MR) is 102 cm³/mol. The van der Waals surface area contributed by atoms with Crippen LogP contribution < -0.4 is 10.6 Å². The Morgan fingerprint density at radius 1 is 1.45 bits per heavy atom. The maximum absolute atomic E-state index is 11.2. The topological polar surface area (TPSA) is 83.4 Å². The molecule has 0 bridgehead atoms. The van der Waals surface area contributed by atoms with E-state index in [1.54, 1.807) is 13.2 Å². The van der Waals surface area contributed by atoms with Crippen LogP contribution >= 0.6 is 24.0 Å². The number of rotatable bonds is 6. The fraction of sp³-hybridized carbons (Fsp3) is 0.571. The van der Waals surface area contributed by atoms with Gasteiger partial charge in [-0.1, -0.05) is 6.07 Å². The second-order valence-corrected chi connectivity index (χ2v) is 7.42. The Hall–Kier alpha value is -0.900. The van der Waals surface area contributed by atoms with Gasteiger partial charge in [0.15, 0.2) is 5.96 Å². The molecule has 1 rings (SSSR count). The minimum Gasteiger partial charge on any atom is -0.354 e. The highest BCUT2D eigenvalue weighted by Crippen LogP contribution is 2.02. The molecule has 0 aliphatic heterocycles. The average Bonchev–Trinajstić information content (AvgIpc) is 2.42. The monoisotopic (exact) mass is 440 g/mol. The molecule has 0 aliphatic rings. The van der Waals surface area contributed by atoms with Crippen LogP contribution in [-0.2, 0) is 16.4 Å². The van der Waals surface area contributed by atoms with E-state index in [-0.39, 0.29) is 35.8 Å². The molecular weight excluding hydrogens is 415 g/mol. The average molecular weight is 440 g/mol. The van der Waals surface area contributed by atoms with Crippen LogP contribution in [-0.4, -0.2) is 44.5 Å². The molecule has 0 fully saturated rings. The van der Waals surface area contributed by atoms with Gasteiger partial charge in [-0.2, -0.15) is 0 Å². The molecule has 126 valence electrons. The third kappa shape index (κ3) is 8.52. The molecule has 0 amide bonds. The smallest absolute Gasteiger partial charge is 0.191 e. The lowest BCUT2D eigenvalue weighted by Gasteiger charge is -2.17. The molecule has 1 heterocycles. The summed E-state index contributed by atoms with van der Waals surface area (Å²) in [5.74, 6) is 0.804. The van der Waals surface area contributed by atoms with Crippen LogP contribution in [0, 0.1) is 6.92 Å². The zero-order valence-corrected chi connectivity index (χ0v) is 16.6. The summed E-state index contributed by atoms with van der Waals surface area (Å²) in [5, 5.41) is 6.36. The zero-order valence-electron chi connectivity index (χ0n) is 13.5. The van der Waals surface area contributed by atoms with E-state index in [0.29, 0.717) is 18.9 Å². The number of aromatic nitrogens is 1. The molecule has 8 heteroatoms. The number of halogens is 1. The van der Waals surface area contributed by atoms with Gasteiger partial charge in [0.2, 0.25) is 0 Å². The highest BCUT2D eigenvalue weighted by atomic mass is 127. The van der Waals surface area contributed by atoms with E-state index in [1.165, 1.54) is 6.26 Å². The second-order valence-electron chi connectivity index (χ2n) is 5.16. The van der Waals surface area contributed by atoms with Gasteiger partial charge in [-0.25, -0.2) is 8.42 Å². The number of pyridine rings is 1. The van der Waals surface area contributed by atoms with E-state index in [0.717, 1.165) is 11.3 Å². The molecule has 0 saturated carbocycles. The lowest BCUT2D eigenvalue weighted by molar-refractivity contribution is 0.581. The highest BCUT2D eigenvalue weighted by Gasteiger charge is 2.09. The molecule has 22 heavy (non-hydrogen) atoms. The molecule has 0 spiro atoms. The minimum atomic E-state index is -2.93. The van der Waals surface area contributed by atoms with Crippen molar-refractivity contribution in [3.63, 3.8) is 0 Å². The maximum atomic E-state index is 11.2. The Kier molecular flexibility index (Phi) is 9.58. The van der Waals surface area contributed by atoms with E-state index in [4.69, 9.17) is 0 Å². The zero-order chi connectivity index (χ0) is 15.9. The molecule has 1 aromatic heterocycles. The van der Waals surface area contributed by atoms with Crippen LogP contribution in [0.15, 0.2) is 23.3 Å². The Morgan fingerprint density at radius 2 is 2.14 bits per heavy atom. The first-order chi connectivity index (χ1) is 9.81. The van der Waals surface area contributed by atoms with Gasteiger partial charge in [0.05, 0.1) is 18.0 Å². The number of hydrogen-bond donors (Lipinski definition) is 2. The molecule has 1 atom stereocenters. The first-order valence-corrected chi connectivity index (χ1v) is 8.93. The van der Waals surface area contributed by atoms with Gasteiger partial charge in [0, 0.05) is 25.5 Å². The predicted octanol–water partition coefficient (Wildman–Crippen LogP) is 1.50. The van der Waals surface area contributed by atoms with Crippen molar-refractivity contribution in [2.75, 3.05) is 19.1 Å². The van der Waals surface area contributed by atoms with Crippen molar-refractivity contribution in [2.45, 2.75) is 32.9 Å². The van der Waals surface area contributed by atoms with Gasteiger partial charge >= 0.3 is 0 Å². The number of aliphatic imine (C=N–C) groups is 1. The molecule has 1 unspecified atom stereocenters. The Labute approximate surface area is 150 Å². The van der Waals surface area contributed by atoms with Gasteiger partial charge in [-0.3, -0.25) is 9.98 Å². The number of guanidine groups is 1. The van der Waals surface area contributed by atoms with Crippen molar-refractivity contribution in [3.05, 3.63) is 29.6 Å². The number of nitrogens with zero attached hydrogens (tertiary/aromatic N) is 2. The van der Waals surface area contributed by atoms with Crippen molar-refractivity contribution in [1.29, 1.82) is 0 Å². The summed E-state index contributed by atoms with van der Waals surface area (Å²) in [7, 11) is -1.25. The number of nitrogens with one attached hydrogen (secondary N) is 2. The van der Waals surface area contributed by atoms with Crippen LogP contribution in [0.2, 0.25) is 0 Å². The summed E-state index contributed by atoms with van der Waals surface area (Å²) >= 11 is 0. The summed E-state index contributed by atoms with van der Waals surface area (Å²) in [6.45, 7) is 4.52. The molecule has 2 N–H and O–H groups in total. The van der Waals surface area contributed by atoms with Crippen molar-refractivity contribution < 1.29 is 8.42 Å². The first-order valence-electron chi connectivity index (χ1n) is 6.87. The van der Waals surface area contributed by atoms with Crippen molar-refractivity contribution in [1.82, 2.24) is 15.6 Å². The summed E-state index contributed by atoms with van der Waals surface area (Å²) in [6, 6.07) is 3.93. The SMILES string of the molecule is CN=C(NCc1ncccc1C)NC(C)CCS(C)(=O)=O.I. The fourth-order valence-corrected chi connectivity index (χ4v) is 2.54. The normalized spacial score (nSPS) is 13.2. The lowest BCUT2D eigenvalue weighted by atomic mass is 10.2. The van der Waals surface area contributed by atoms with Gasteiger partial charge in [0.1, 0.15) is 9.84 Å². The summed E-state index contributed by atoms with van der Waals surface area (Å²) in [5.41, 5.74) is 2.08. The molecule has 0 aliphatic carbocycles. The Bertz CT molecular complexity index is 590. The number of hydrogen-bond acceptors (Lipinski definition) is 4. The molecule has 0 saturated heterocycles. The van der Waals surface area contributed by atoms with Gasteiger partial charge < -0.3 is 10.6 Å². The second kappa shape index (κ2) is 9.98. The standard InChI is InChI=1S/C14H24N4O2S.HI/c1-11-6-5-8-16-13(11)10-17-14(15-3)18-12(2)7-9-21(4,19)20;/h5-6,8,12H,7,9-10H2,1-4H3,(H2,15,17,18);1H. The van der Waals surface area contributed by atoms with Crippen LogP contribution in [0.1, 0.15) is 24.6 Å². The Morgan fingerprint density at radius 3 is 2.68 bits per heavy atom. The summed E-state index contributed by atoms with van der Waals surface area (Å²) in [6.07, 6.45) is 3.55. The van der Waals surface area contributed by atoms with E-state index >= 15 is 0 Å². The largest absolute Gasteiger partial charge is 0.354 e. The number of aryl methyl sites for hydroxylation is 1. The molecule has 1 aromatic rings. The van der Waals surface area contributed by atoms with E-state index < -0.39 is 9.84 Å². The lowest BCUT2D eigenvalue weighted by Crippen LogP contribution is -2.42. The van der Waals surface area contributed by atoms with Crippen molar-refractivity contribution in [2.24, 2.45) is 4.99 Å². The van der Waals surface area contributed by atoms with Gasteiger partial charge in [-0.15, -0.1) is 24.0 Å². The molecule has 0 aromatic carbocycles. The van der Waals surface area contributed by atoms with Gasteiger partial charge in [-0.05, 0) is 31.9 Å². The van der Waals surface area contributed by atoms with E-state index in [9.17, 15) is 8.42 Å². The first kappa shape index (κ1) is 21.1. The summed E-state index contributed by atoms with van der Waals surface area (Å²) < 4.78 is 22.3. The van der Waals surface area contributed by atoms with E-state index in [2.05, 4.69) is 20.6 Å². The summed E-state index contributed by atoms with van der Waals surface area (Å²) in [4.78, 5) is 8.44. The quantitative estimate of drug-likeness (QED) is 0.398. The fourth-order valence-electron chi connectivity index (χ4n) is 1.76. The molecule has 0 radical (unpaired) electrons. The molecule has 6 nitrogen and oxygen atoms in total. The van der Waals surface area contributed by atoms with Crippen molar-refractivity contribution >= 4 is 39.8 Å². The van der Waals surface area contributed by atoms with Crippen LogP contribution in [0.25, 0.3) is 0 Å². The Balaban J connectivity index is 0.00000441. The molecular formula is C14H25IN4O2S. The van der Waals surface area contributed by atoms with Gasteiger partial charge in [0.25, 0.3) is 0 Å². The number of sulfone groups is 1. The van der Waals surface area contributed by atoms with E-state index in [1.807, 2.05) is 26.0 Å². The van der Waals surface area contributed by atoms with Crippen LogP contribution in [0.4, 0.5) is 0 Å². The maximum Gasteiger partial charge on any atom is 0.191 e. The van der Waals surface area contributed by atoms with Crippen molar-refractivity contribution in [3.8, 4) is 0 Å². The highest BCUT2D eigenvalue weighted by molar-refractivity contribution is 14.0.